The highest BCUT2D eigenvalue weighted by molar-refractivity contribution is 5.79. The largest absolute Gasteiger partial charge is 0.340 e. The van der Waals surface area contributed by atoms with Crippen LogP contribution in [0, 0.1) is 5.92 Å². The maximum absolute atomic E-state index is 12.6. The first-order valence-corrected chi connectivity index (χ1v) is 10.5. The van der Waals surface area contributed by atoms with Crippen LogP contribution in [0.25, 0.3) is 0 Å². The highest BCUT2D eigenvalue weighted by Gasteiger charge is 2.34. The number of hydrogen-bond acceptors (Lipinski definition) is 2. The number of amides is 1. The van der Waals surface area contributed by atoms with Gasteiger partial charge in [-0.25, -0.2) is 0 Å². The van der Waals surface area contributed by atoms with E-state index in [1.165, 1.54) is 28.7 Å². The number of nitrogens with zero attached hydrogens (tertiary/aromatic N) is 2. The van der Waals surface area contributed by atoms with E-state index in [1.807, 2.05) is 0 Å². The van der Waals surface area contributed by atoms with Gasteiger partial charge in [-0.2, -0.15) is 0 Å². The number of piperazine rings is 1. The zero-order valence-electron chi connectivity index (χ0n) is 15.9. The number of carbonyl (C=O) groups is 1. The summed E-state index contributed by atoms with van der Waals surface area (Å²) in [5.41, 5.74) is 5.88. The van der Waals surface area contributed by atoms with Crippen molar-refractivity contribution in [1.29, 1.82) is 0 Å². The molecule has 1 saturated heterocycles. The Balaban J connectivity index is 1.42. The summed E-state index contributed by atoms with van der Waals surface area (Å²) >= 11 is 0. The summed E-state index contributed by atoms with van der Waals surface area (Å²) in [6.07, 6.45) is 5.66. The van der Waals surface area contributed by atoms with E-state index < -0.39 is 0 Å². The predicted octanol–water partition coefficient (Wildman–Crippen LogP) is 3.82. The monoisotopic (exact) mass is 360 g/mol. The van der Waals surface area contributed by atoms with Crippen molar-refractivity contribution in [3.8, 4) is 0 Å². The number of carbonyl (C=O) groups excluding carboxylic acids is 1. The summed E-state index contributed by atoms with van der Waals surface area (Å²) < 4.78 is 0. The van der Waals surface area contributed by atoms with E-state index in [0.717, 1.165) is 51.9 Å². The molecule has 1 saturated carbocycles. The van der Waals surface area contributed by atoms with E-state index in [9.17, 15) is 4.79 Å². The highest BCUT2D eigenvalue weighted by atomic mass is 16.2. The van der Waals surface area contributed by atoms with Gasteiger partial charge in [0.25, 0.3) is 0 Å². The fourth-order valence-electron chi connectivity index (χ4n) is 5.00. The maximum Gasteiger partial charge on any atom is 0.225 e. The Morgan fingerprint density at radius 1 is 0.778 bits per heavy atom. The standard InChI is InChI=1S/C24H28N2O/c27-24(20-8-5-9-20)26-16-14-25(15-17-26)23-21-10-3-1-6-18(21)12-13-19-7-2-4-11-22(19)23/h1-4,6-7,10-11,20,23H,5,8-9,12-17H2. The van der Waals surface area contributed by atoms with Crippen LogP contribution in [-0.4, -0.2) is 41.9 Å². The van der Waals surface area contributed by atoms with Crippen molar-refractivity contribution >= 4 is 5.91 Å². The number of benzene rings is 2. The second kappa shape index (κ2) is 7.12. The van der Waals surface area contributed by atoms with Crippen LogP contribution in [0.5, 0.6) is 0 Å². The van der Waals surface area contributed by atoms with Gasteiger partial charge in [0.15, 0.2) is 0 Å². The predicted molar refractivity (Wildman–Crippen MR) is 108 cm³/mol. The van der Waals surface area contributed by atoms with Crippen LogP contribution in [-0.2, 0) is 17.6 Å². The van der Waals surface area contributed by atoms with E-state index in [1.54, 1.807) is 0 Å². The van der Waals surface area contributed by atoms with Crippen LogP contribution in [0.4, 0.5) is 0 Å². The van der Waals surface area contributed by atoms with Crippen LogP contribution in [0.1, 0.15) is 47.6 Å². The lowest BCUT2D eigenvalue weighted by Gasteiger charge is -2.42. The van der Waals surface area contributed by atoms with Crippen molar-refractivity contribution < 1.29 is 4.79 Å². The van der Waals surface area contributed by atoms with Crippen molar-refractivity contribution in [2.24, 2.45) is 5.92 Å². The number of hydrogen-bond donors (Lipinski definition) is 0. The lowest BCUT2D eigenvalue weighted by molar-refractivity contribution is -0.140. The van der Waals surface area contributed by atoms with Crippen LogP contribution < -0.4 is 0 Å². The maximum atomic E-state index is 12.6. The molecule has 0 bridgehead atoms. The fourth-order valence-corrected chi connectivity index (χ4v) is 5.00. The normalized spacial score (nSPS) is 21.1. The molecule has 0 radical (unpaired) electrons. The molecule has 1 aliphatic heterocycles. The summed E-state index contributed by atoms with van der Waals surface area (Å²) in [5, 5.41) is 0. The SMILES string of the molecule is O=C(C1CCC1)N1CCN(C2c3ccccc3CCc3ccccc32)CC1. The van der Waals surface area contributed by atoms with Crippen molar-refractivity contribution in [2.45, 2.75) is 38.1 Å². The van der Waals surface area contributed by atoms with E-state index in [0.29, 0.717) is 17.9 Å². The van der Waals surface area contributed by atoms with E-state index in [2.05, 4.69) is 58.3 Å². The Labute approximate surface area is 162 Å². The highest BCUT2D eigenvalue weighted by Crippen LogP contribution is 2.37. The van der Waals surface area contributed by atoms with Gasteiger partial charge < -0.3 is 4.90 Å². The quantitative estimate of drug-likeness (QED) is 0.813. The van der Waals surface area contributed by atoms with Crippen molar-refractivity contribution in [3.63, 3.8) is 0 Å². The molecule has 5 rings (SSSR count). The van der Waals surface area contributed by atoms with Gasteiger partial charge in [-0.05, 0) is 47.9 Å². The van der Waals surface area contributed by atoms with Crippen LogP contribution in [0.3, 0.4) is 0 Å². The van der Waals surface area contributed by atoms with Crippen molar-refractivity contribution in [3.05, 3.63) is 70.8 Å². The number of aryl methyl sites for hydroxylation is 2. The van der Waals surface area contributed by atoms with Gasteiger partial charge in [0.2, 0.25) is 5.91 Å². The summed E-state index contributed by atoms with van der Waals surface area (Å²) in [5.74, 6) is 0.721. The summed E-state index contributed by atoms with van der Waals surface area (Å²) in [4.78, 5) is 17.3. The van der Waals surface area contributed by atoms with Gasteiger partial charge in [-0.1, -0.05) is 55.0 Å². The number of fused-ring (bicyclic) bond motifs is 2. The molecule has 0 aromatic heterocycles. The van der Waals surface area contributed by atoms with E-state index >= 15 is 0 Å². The molecule has 3 nitrogen and oxygen atoms in total. The van der Waals surface area contributed by atoms with Gasteiger partial charge in [0.05, 0.1) is 6.04 Å². The smallest absolute Gasteiger partial charge is 0.225 e. The van der Waals surface area contributed by atoms with Gasteiger partial charge >= 0.3 is 0 Å². The summed E-state index contributed by atoms with van der Waals surface area (Å²) in [7, 11) is 0. The molecule has 0 atom stereocenters. The van der Waals surface area contributed by atoms with E-state index in [-0.39, 0.29) is 0 Å². The molecule has 2 fully saturated rings. The lowest BCUT2D eigenvalue weighted by atomic mass is 9.84. The molecule has 2 aliphatic carbocycles. The third kappa shape index (κ3) is 3.08. The Kier molecular flexibility index (Phi) is 4.48. The Morgan fingerprint density at radius 3 is 1.85 bits per heavy atom. The Bertz CT molecular complexity index is 786. The minimum Gasteiger partial charge on any atom is -0.340 e. The molecule has 3 heteroatoms. The topological polar surface area (TPSA) is 23.6 Å². The first-order valence-electron chi connectivity index (χ1n) is 10.5. The fraction of sp³-hybridized carbons (Fsp3) is 0.458. The number of rotatable bonds is 2. The van der Waals surface area contributed by atoms with Crippen molar-refractivity contribution in [2.75, 3.05) is 26.2 Å². The van der Waals surface area contributed by atoms with Crippen LogP contribution in [0.2, 0.25) is 0 Å². The second-order valence-electron chi connectivity index (χ2n) is 8.29. The minimum absolute atomic E-state index is 0.316. The molecule has 0 N–H and O–H groups in total. The molecule has 140 valence electrons. The molecule has 2 aromatic rings. The molecule has 27 heavy (non-hydrogen) atoms. The summed E-state index contributed by atoms with van der Waals surface area (Å²) in [6.45, 7) is 3.67. The van der Waals surface area contributed by atoms with Crippen molar-refractivity contribution in [1.82, 2.24) is 9.80 Å². The van der Waals surface area contributed by atoms with Gasteiger partial charge in [-0.15, -0.1) is 0 Å². The molecule has 1 heterocycles. The molecule has 3 aliphatic rings. The third-order valence-electron chi connectivity index (χ3n) is 6.81. The molecule has 0 unspecified atom stereocenters. The van der Waals surface area contributed by atoms with E-state index in [4.69, 9.17) is 0 Å². The Morgan fingerprint density at radius 2 is 1.33 bits per heavy atom. The Hall–Kier alpha value is -2.13. The van der Waals surface area contributed by atoms with Gasteiger partial charge in [0, 0.05) is 32.1 Å². The molecular weight excluding hydrogens is 332 g/mol. The third-order valence-corrected chi connectivity index (χ3v) is 6.81. The molecule has 0 spiro atoms. The molecule has 1 amide bonds. The first-order chi connectivity index (χ1) is 13.3. The van der Waals surface area contributed by atoms with Gasteiger partial charge in [0.1, 0.15) is 0 Å². The average molecular weight is 361 g/mol. The first kappa shape index (κ1) is 17.0. The average Bonchev–Trinajstić information content (AvgIpc) is 2.84. The zero-order chi connectivity index (χ0) is 18.2. The second-order valence-corrected chi connectivity index (χ2v) is 8.29. The molecule has 2 aromatic carbocycles. The molecular formula is C24H28N2O. The minimum atomic E-state index is 0.316. The lowest BCUT2D eigenvalue weighted by Crippen LogP contribution is -2.52. The summed E-state index contributed by atoms with van der Waals surface area (Å²) in [6, 6.07) is 18.2. The van der Waals surface area contributed by atoms with Gasteiger partial charge in [-0.3, -0.25) is 9.69 Å². The zero-order valence-corrected chi connectivity index (χ0v) is 15.9. The van der Waals surface area contributed by atoms with Crippen LogP contribution >= 0.6 is 0 Å². The van der Waals surface area contributed by atoms with Crippen LogP contribution in [0.15, 0.2) is 48.5 Å².